The Kier molecular flexibility index (Phi) is 4.08. The predicted molar refractivity (Wildman–Crippen MR) is 84.5 cm³/mol. The Bertz CT molecular complexity index is 929. The van der Waals surface area contributed by atoms with Crippen LogP contribution in [-0.2, 0) is 12.7 Å². The largest absolute Gasteiger partial charge is 0.418 e. The average molecular weight is 345 g/mol. The third-order valence-electron chi connectivity index (χ3n) is 4.16. The van der Waals surface area contributed by atoms with E-state index in [1.807, 2.05) is 6.07 Å². The van der Waals surface area contributed by atoms with Crippen LogP contribution in [0.15, 0.2) is 30.5 Å². The van der Waals surface area contributed by atoms with E-state index in [0.717, 1.165) is 0 Å². The number of alkyl halides is 3. The Labute approximate surface area is 141 Å². The Hall–Kier alpha value is -3.08. The fourth-order valence-corrected chi connectivity index (χ4v) is 3.00. The molecular weight excluding hydrogens is 331 g/mol. The van der Waals surface area contributed by atoms with Crippen LogP contribution in [0.4, 0.5) is 13.2 Å². The van der Waals surface area contributed by atoms with Gasteiger partial charge in [0.1, 0.15) is 5.69 Å². The van der Waals surface area contributed by atoms with E-state index in [2.05, 4.69) is 15.4 Å². The van der Waals surface area contributed by atoms with Crippen molar-refractivity contribution < 1.29 is 13.2 Å². The highest BCUT2D eigenvalue weighted by Crippen LogP contribution is 2.42. The van der Waals surface area contributed by atoms with Gasteiger partial charge in [0, 0.05) is 23.1 Å². The fraction of sp³-hybridized carbons (Fsp3) is 0.235. The summed E-state index contributed by atoms with van der Waals surface area (Å²) < 4.78 is 42.7. The van der Waals surface area contributed by atoms with Crippen molar-refractivity contribution in [1.29, 1.82) is 5.26 Å². The van der Waals surface area contributed by atoms with Crippen molar-refractivity contribution in [3.05, 3.63) is 58.7 Å². The zero-order valence-electron chi connectivity index (χ0n) is 13.5. The fourth-order valence-electron chi connectivity index (χ4n) is 3.00. The summed E-state index contributed by atoms with van der Waals surface area (Å²) in [6.45, 7) is 3.28. The molecule has 0 fully saturated rings. The van der Waals surface area contributed by atoms with Crippen LogP contribution in [0.25, 0.3) is 11.1 Å². The van der Waals surface area contributed by atoms with Crippen LogP contribution in [0.1, 0.15) is 28.2 Å². The maximum Gasteiger partial charge on any atom is 0.418 e. The van der Waals surface area contributed by atoms with E-state index in [1.165, 1.54) is 31.2 Å². The van der Waals surface area contributed by atoms with Crippen molar-refractivity contribution in [3.8, 4) is 17.2 Å². The monoisotopic (exact) mass is 345 g/mol. The molecule has 0 aliphatic carbocycles. The highest BCUT2D eigenvalue weighted by Gasteiger charge is 2.39. The standard InChI is InChI=1S/C17H14F3N5/c1-10-15(13-5-3-12(7-21)4-6-13)16(17(18,19)20)11(2)25(10)9-14-8-22-24-23-14/h3-6,8H,9H2,1-2H3,(H,22,23,24). The van der Waals surface area contributed by atoms with Gasteiger partial charge in [-0.3, -0.25) is 5.10 Å². The van der Waals surface area contributed by atoms with Gasteiger partial charge in [-0.25, -0.2) is 0 Å². The smallest absolute Gasteiger partial charge is 0.342 e. The summed E-state index contributed by atoms with van der Waals surface area (Å²) >= 11 is 0. The highest BCUT2D eigenvalue weighted by atomic mass is 19.4. The van der Waals surface area contributed by atoms with Crippen LogP contribution in [0.2, 0.25) is 0 Å². The zero-order valence-corrected chi connectivity index (χ0v) is 13.5. The minimum Gasteiger partial charge on any atom is -0.342 e. The van der Waals surface area contributed by atoms with Gasteiger partial charge >= 0.3 is 6.18 Å². The molecule has 3 aromatic rings. The van der Waals surface area contributed by atoms with Gasteiger partial charge in [0.15, 0.2) is 0 Å². The summed E-state index contributed by atoms with van der Waals surface area (Å²) in [6.07, 6.45) is -2.94. The normalized spacial score (nSPS) is 11.5. The number of nitrogens with one attached hydrogen (secondary N) is 1. The molecule has 0 unspecified atom stereocenters. The third kappa shape index (κ3) is 3.01. The molecule has 1 aromatic carbocycles. The van der Waals surface area contributed by atoms with Crippen molar-refractivity contribution in [2.75, 3.05) is 0 Å². The first-order valence-corrected chi connectivity index (χ1v) is 7.45. The van der Waals surface area contributed by atoms with Gasteiger partial charge in [-0.05, 0) is 31.5 Å². The van der Waals surface area contributed by atoms with Crippen LogP contribution in [-0.4, -0.2) is 20.0 Å². The van der Waals surface area contributed by atoms with Crippen LogP contribution in [0.5, 0.6) is 0 Å². The number of halogens is 3. The number of rotatable bonds is 3. The van der Waals surface area contributed by atoms with Gasteiger partial charge in [-0.1, -0.05) is 17.3 Å². The van der Waals surface area contributed by atoms with E-state index in [9.17, 15) is 13.2 Å². The molecule has 2 aromatic heterocycles. The van der Waals surface area contributed by atoms with Crippen molar-refractivity contribution in [2.45, 2.75) is 26.6 Å². The molecule has 0 bridgehead atoms. The molecule has 1 N–H and O–H groups in total. The summed E-state index contributed by atoms with van der Waals surface area (Å²) in [4.78, 5) is 0. The topological polar surface area (TPSA) is 70.3 Å². The summed E-state index contributed by atoms with van der Waals surface area (Å²) in [7, 11) is 0. The molecule has 0 spiro atoms. The lowest BCUT2D eigenvalue weighted by Crippen LogP contribution is -2.09. The van der Waals surface area contributed by atoms with Gasteiger partial charge in [-0.15, -0.1) is 5.10 Å². The van der Waals surface area contributed by atoms with E-state index in [1.54, 1.807) is 17.7 Å². The Morgan fingerprint density at radius 1 is 1.16 bits per heavy atom. The highest BCUT2D eigenvalue weighted by molar-refractivity contribution is 5.73. The molecule has 0 radical (unpaired) electrons. The van der Waals surface area contributed by atoms with E-state index < -0.39 is 11.7 Å². The lowest BCUT2D eigenvalue weighted by atomic mass is 9.99. The predicted octanol–water partition coefficient (Wildman–Crippen LogP) is 3.83. The maximum absolute atomic E-state index is 13.7. The van der Waals surface area contributed by atoms with Crippen molar-refractivity contribution in [3.63, 3.8) is 0 Å². The van der Waals surface area contributed by atoms with Crippen LogP contribution in [0, 0.1) is 25.2 Å². The molecule has 25 heavy (non-hydrogen) atoms. The molecule has 0 atom stereocenters. The molecule has 2 heterocycles. The van der Waals surface area contributed by atoms with E-state index in [4.69, 9.17) is 5.26 Å². The lowest BCUT2D eigenvalue weighted by Gasteiger charge is -2.10. The number of hydrogen-bond donors (Lipinski definition) is 1. The first-order chi connectivity index (χ1) is 11.8. The van der Waals surface area contributed by atoms with Gasteiger partial charge in [0.25, 0.3) is 0 Å². The quantitative estimate of drug-likeness (QED) is 0.784. The number of benzene rings is 1. The van der Waals surface area contributed by atoms with E-state index >= 15 is 0 Å². The van der Waals surface area contributed by atoms with Crippen LogP contribution in [0.3, 0.4) is 0 Å². The molecule has 5 nitrogen and oxygen atoms in total. The minimum atomic E-state index is -4.49. The molecular formula is C17H14F3N5. The van der Waals surface area contributed by atoms with Gasteiger partial charge in [0.05, 0.1) is 23.7 Å². The summed E-state index contributed by atoms with van der Waals surface area (Å²) in [6, 6.07) is 8.07. The summed E-state index contributed by atoms with van der Waals surface area (Å²) in [5, 5.41) is 18.9. The minimum absolute atomic E-state index is 0.118. The number of aromatic nitrogens is 4. The number of hydrogen-bond acceptors (Lipinski definition) is 3. The van der Waals surface area contributed by atoms with E-state index in [-0.39, 0.29) is 17.8 Å². The molecule has 3 rings (SSSR count). The Morgan fingerprint density at radius 3 is 2.36 bits per heavy atom. The van der Waals surface area contributed by atoms with Gasteiger partial charge in [-0.2, -0.15) is 18.4 Å². The second-order valence-electron chi connectivity index (χ2n) is 5.66. The number of nitriles is 1. The lowest BCUT2D eigenvalue weighted by molar-refractivity contribution is -0.137. The van der Waals surface area contributed by atoms with Crippen LogP contribution < -0.4 is 0 Å². The third-order valence-corrected chi connectivity index (χ3v) is 4.16. The second kappa shape index (κ2) is 6.09. The second-order valence-corrected chi connectivity index (χ2v) is 5.66. The van der Waals surface area contributed by atoms with Gasteiger partial charge in [0.2, 0.25) is 0 Å². The molecule has 0 saturated heterocycles. The average Bonchev–Trinajstić information content (AvgIpc) is 3.16. The maximum atomic E-state index is 13.7. The van der Waals surface area contributed by atoms with E-state index in [0.29, 0.717) is 22.5 Å². The summed E-state index contributed by atoms with van der Waals surface area (Å²) in [5.74, 6) is 0. The van der Waals surface area contributed by atoms with Gasteiger partial charge < -0.3 is 4.57 Å². The number of H-pyrrole nitrogens is 1. The molecule has 0 aliphatic heterocycles. The number of aromatic amines is 1. The zero-order chi connectivity index (χ0) is 18.2. The molecule has 8 heteroatoms. The SMILES string of the molecule is Cc1c(-c2ccc(C#N)cc2)c(C(F)(F)F)c(C)n1Cc1c[nH]nn1. The first kappa shape index (κ1) is 16.8. The first-order valence-electron chi connectivity index (χ1n) is 7.45. The van der Waals surface area contributed by atoms with Crippen molar-refractivity contribution in [1.82, 2.24) is 20.0 Å². The van der Waals surface area contributed by atoms with Crippen LogP contribution >= 0.6 is 0 Å². The molecule has 0 amide bonds. The van der Waals surface area contributed by atoms with Crippen molar-refractivity contribution >= 4 is 0 Å². The Morgan fingerprint density at radius 2 is 1.84 bits per heavy atom. The van der Waals surface area contributed by atoms with Crippen molar-refractivity contribution in [2.24, 2.45) is 0 Å². The molecule has 0 saturated carbocycles. The Balaban J connectivity index is 2.20. The summed E-state index contributed by atoms with van der Waals surface area (Å²) in [5.41, 5.74) is 1.42. The molecule has 128 valence electrons. The molecule has 0 aliphatic rings. The number of nitrogens with zero attached hydrogens (tertiary/aromatic N) is 4.